The number of allylic oxidation sites excluding steroid dienone is 1. The van der Waals surface area contributed by atoms with Crippen LogP contribution in [0.1, 0.15) is 27.7 Å². The highest BCUT2D eigenvalue weighted by Crippen LogP contribution is 2.04. The Kier molecular flexibility index (Phi) is 21.8. The second kappa shape index (κ2) is 22.5. The molecule has 200 valence electrons. The third kappa shape index (κ3) is 22.3. The molecule has 3 heterocycles. The molecular formula is C22H34O13. The normalized spacial score (nSPS) is 16.3. The van der Waals surface area contributed by atoms with E-state index >= 15 is 0 Å². The van der Waals surface area contributed by atoms with Crippen molar-refractivity contribution in [2.45, 2.75) is 27.7 Å². The average Bonchev–Trinajstić information content (AvgIpc) is 2.82. The van der Waals surface area contributed by atoms with E-state index in [4.69, 9.17) is 9.47 Å². The van der Waals surface area contributed by atoms with Crippen molar-refractivity contribution >= 4 is 23.9 Å². The molecule has 3 aliphatic heterocycles. The standard InChI is InChI=1S/2C5H4O4.C5H10O.C4H10O.C3H6O3/c2*1-3-5(7)9-4(6)2-8-3;1-4-6-5(2)3;1-3-5-4-2;1-4-2-6-3-5-1/h2*1-2H2;2,4H2,1,3H3;3-4H2,1-2H3;1-3H2. The van der Waals surface area contributed by atoms with Crippen LogP contribution < -0.4 is 0 Å². The van der Waals surface area contributed by atoms with Crippen molar-refractivity contribution in [3.63, 3.8) is 0 Å². The van der Waals surface area contributed by atoms with Crippen LogP contribution in [0.5, 0.6) is 0 Å². The van der Waals surface area contributed by atoms with Crippen LogP contribution in [0, 0.1) is 0 Å². The molecule has 0 aliphatic carbocycles. The van der Waals surface area contributed by atoms with Gasteiger partial charge < -0.3 is 42.6 Å². The van der Waals surface area contributed by atoms with E-state index in [-0.39, 0.29) is 24.7 Å². The van der Waals surface area contributed by atoms with Gasteiger partial charge in [0, 0.05) is 13.2 Å². The number of hydrogen-bond donors (Lipinski definition) is 0. The zero-order chi connectivity index (χ0) is 27.1. The molecule has 0 radical (unpaired) electrons. The summed E-state index contributed by atoms with van der Waals surface area (Å²) in [6.45, 7) is 20.7. The highest BCUT2D eigenvalue weighted by Gasteiger charge is 2.22. The summed E-state index contributed by atoms with van der Waals surface area (Å²) in [7, 11) is 0. The minimum atomic E-state index is -0.800. The van der Waals surface area contributed by atoms with Crippen LogP contribution in [-0.4, -0.2) is 77.3 Å². The van der Waals surface area contributed by atoms with Gasteiger partial charge in [-0.25, -0.2) is 19.2 Å². The summed E-state index contributed by atoms with van der Waals surface area (Å²) in [5.74, 6) is -2.39. The van der Waals surface area contributed by atoms with E-state index in [9.17, 15) is 19.2 Å². The Morgan fingerprint density at radius 3 is 1.26 bits per heavy atom. The highest BCUT2D eigenvalue weighted by atomic mass is 16.8. The summed E-state index contributed by atoms with van der Waals surface area (Å²) in [6.07, 6.45) is 0. The van der Waals surface area contributed by atoms with Gasteiger partial charge in [0.1, 0.15) is 0 Å². The van der Waals surface area contributed by atoms with Crippen molar-refractivity contribution in [2.75, 3.05) is 53.4 Å². The lowest BCUT2D eigenvalue weighted by Gasteiger charge is -2.11. The largest absolute Gasteiger partial charge is 0.499 e. The molecule has 0 atom stereocenters. The minimum absolute atomic E-state index is 0.116. The van der Waals surface area contributed by atoms with Crippen molar-refractivity contribution in [1.82, 2.24) is 0 Å². The number of cyclic esters (lactones) is 4. The predicted molar refractivity (Wildman–Crippen MR) is 119 cm³/mol. The summed E-state index contributed by atoms with van der Waals surface area (Å²) in [6, 6.07) is 0. The molecule has 0 aromatic heterocycles. The Labute approximate surface area is 204 Å². The first kappa shape index (κ1) is 33.9. The zero-order valence-electron chi connectivity index (χ0n) is 20.6. The Balaban J connectivity index is 0. The van der Waals surface area contributed by atoms with Crippen LogP contribution in [0.3, 0.4) is 0 Å². The van der Waals surface area contributed by atoms with Gasteiger partial charge in [0.2, 0.25) is 0 Å². The first-order valence-corrected chi connectivity index (χ1v) is 10.3. The lowest BCUT2D eigenvalue weighted by Crippen LogP contribution is -2.26. The molecular weight excluding hydrogens is 472 g/mol. The SMILES string of the molecule is C1OCOCO1.C=C(C)OCC.C=C1OCC(=O)OC1=O.C=C1OCC(=O)OC1=O.CCOCC. The summed E-state index contributed by atoms with van der Waals surface area (Å²) < 4.78 is 40.7. The molecule has 0 unspecified atom stereocenters. The molecule has 13 nitrogen and oxygen atoms in total. The third-order valence-corrected chi connectivity index (χ3v) is 2.90. The molecule has 0 saturated carbocycles. The maximum absolute atomic E-state index is 10.3. The number of carbonyl (C=O) groups excluding carboxylic acids is 4. The van der Waals surface area contributed by atoms with Gasteiger partial charge in [-0.15, -0.1) is 0 Å². The van der Waals surface area contributed by atoms with Crippen molar-refractivity contribution in [3.8, 4) is 0 Å². The van der Waals surface area contributed by atoms with Crippen molar-refractivity contribution in [2.24, 2.45) is 0 Å². The van der Waals surface area contributed by atoms with Crippen LogP contribution in [0.4, 0.5) is 0 Å². The van der Waals surface area contributed by atoms with E-state index in [2.05, 4.69) is 52.9 Å². The van der Waals surface area contributed by atoms with Gasteiger partial charge >= 0.3 is 23.9 Å². The molecule has 0 aromatic carbocycles. The smallest absolute Gasteiger partial charge is 0.380 e. The maximum Gasteiger partial charge on any atom is 0.380 e. The Morgan fingerprint density at radius 2 is 1.11 bits per heavy atom. The molecule has 3 saturated heterocycles. The molecule has 0 N–H and O–H groups in total. The molecule has 0 spiro atoms. The third-order valence-electron chi connectivity index (χ3n) is 2.90. The number of esters is 4. The maximum atomic E-state index is 10.3. The van der Waals surface area contributed by atoms with Gasteiger partial charge in [-0.1, -0.05) is 6.58 Å². The summed E-state index contributed by atoms with van der Waals surface area (Å²) in [5, 5.41) is 0. The fourth-order valence-corrected chi connectivity index (χ4v) is 1.52. The Bertz CT molecular complexity index is 640. The van der Waals surface area contributed by atoms with Crippen molar-refractivity contribution < 1.29 is 61.8 Å². The van der Waals surface area contributed by atoms with Gasteiger partial charge in [-0.05, 0) is 40.9 Å². The van der Waals surface area contributed by atoms with Gasteiger partial charge in [-0.3, -0.25) is 0 Å². The van der Waals surface area contributed by atoms with Crippen molar-refractivity contribution in [1.29, 1.82) is 0 Å². The molecule has 3 aliphatic rings. The lowest BCUT2D eigenvalue weighted by molar-refractivity contribution is -0.247. The van der Waals surface area contributed by atoms with Gasteiger partial charge in [0.15, 0.2) is 45.1 Å². The minimum Gasteiger partial charge on any atom is -0.499 e. The molecule has 0 amide bonds. The van der Waals surface area contributed by atoms with Crippen LogP contribution >= 0.6 is 0 Å². The highest BCUT2D eigenvalue weighted by molar-refractivity contribution is 5.97. The first-order valence-electron chi connectivity index (χ1n) is 10.3. The topological polar surface area (TPSA) is 151 Å². The fourth-order valence-electron chi connectivity index (χ4n) is 1.52. The molecule has 0 bridgehead atoms. The molecule has 13 heteroatoms. The molecule has 35 heavy (non-hydrogen) atoms. The second-order valence-electron chi connectivity index (χ2n) is 5.83. The van der Waals surface area contributed by atoms with Gasteiger partial charge in [0.05, 0.1) is 12.4 Å². The number of ether oxygens (including phenoxy) is 9. The van der Waals surface area contributed by atoms with E-state index < -0.39 is 23.9 Å². The number of hydrogen-bond acceptors (Lipinski definition) is 13. The first-order chi connectivity index (χ1) is 16.6. The lowest BCUT2D eigenvalue weighted by atomic mass is 10.5. The molecule has 0 aromatic rings. The molecule has 3 fully saturated rings. The van der Waals surface area contributed by atoms with E-state index in [1.54, 1.807) is 0 Å². The van der Waals surface area contributed by atoms with E-state index in [1.165, 1.54) is 0 Å². The van der Waals surface area contributed by atoms with Crippen LogP contribution in [0.25, 0.3) is 0 Å². The summed E-state index contributed by atoms with van der Waals surface area (Å²) in [4.78, 5) is 41.1. The van der Waals surface area contributed by atoms with Crippen LogP contribution in [0.2, 0.25) is 0 Å². The Morgan fingerprint density at radius 1 is 0.743 bits per heavy atom. The Hall–Kier alpha value is -3.26. The van der Waals surface area contributed by atoms with E-state index in [0.29, 0.717) is 20.4 Å². The fraction of sp³-hybridized carbons (Fsp3) is 0.545. The quantitative estimate of drug-likeness (QED) is 0.236. The van der Waals surface area contributed by atoms with Crippen LogP contribution in [0.15, 0.2) is 37.0 Å². The second-order valence-corrected chi connectivity index (χ2v) is 5.83. The number of rotatable bonds is 4. The van der Waals surface area contributed by atoms with Gasteiger partial charge in [-0.2, -0.15) is 0 Å². The van der Waals surface area contributed by atoms with Crippen molar-refractivity contribution in [3.05, 3.63) is 37.0 Å². The molecule has 3 rings (SSSR count). The predicted octanol–water partition coefficient (Wildman–Crippen LogP) is 1.72. The van der Waals surface area contributed by atoms with Crippen LogP contribution in [-0.2, 0) is 61.8 Å². The van der Waals surface area contributed by atoms with E-state index in [0.717, 1.165) is 25.6 Å². The average molecular weight is 507 g/mol. The van der Waals surface area contributed by atoms with Gasteiger partial charge in [0.25, 0.3) is 0 Å². The van der Waals surface area contributed by atoms with E-state index in [1.807, 2.05) is 27.7 Å². The number of carbonyl (C=O) groups is 4. The zero-order valence-corrected chi connectivity index (χ0v) is 20.6. The summed E-state index contributed by atoms with van der Waals surface area (Å²) in [5.41, 5.74) is 0. The summed E-state index contributed by atoms with van der Waals surface area (Å²) >= 11 is 0. The monoisotopic (exact) mass is 506 g/mol.